The molecule has 0 aromatic heterocycles. The molecule has 106 valence electrons. The van der Waals surface area contributed by atoms with Crippen molar-refractivity contribution in [1.82, 2.24) is 0 Å². The molecule has 0 aliphatic carbocycles. The molecule has 0 fully saturated rings. The third-order valence-corrected chi connectivity index (χ3v) is 3.09. The fourth-order valence-electron chi connectivity index (χ4n) is 1.75. The molecule has 3 N–H and O–H groups in total. The summed E-state index contributed by atoms with van der Waals surface area (Å²) in [5, 5.41) is 3.40. The van der Waals surface area contributed by atoms with Gasteiger partial charge in [-0.05, 0) is 18.2 Å². The van der Waals surface area contributed by atoms with Gasteiger partial charge in [0.05, 0.1) is 36.3 Å². The molecule has 0 heterocycles. The molecule has 0 unspecified atom stereocenters. The number of para-hydroxylation sites is 1. The van der Waals surface area contributed by atoms with Gasteiger partial charge in [0.25, 0.3) is 0 Å². The molecule has 0 bridgehead atoms. The van der Waals surface area contributed by atoms with Crippen molar-refractivity contribution in [2.75, 3.05) is 25.3 Å². The molecule has 2 aromatic carbocycles. The topological polar surface area (TPSA) is 56.5 Å². The Bertz CT molecular complexity index is 635. The third kappa shape index (κ3) is 2.72. The second kappa shape index (κ2) is 5.88. The van der Waals surface area contributed by atoms with Crippen molar-refractivity contribution in [3.8, 4) is 11.5 Å². The Morgan fingerprint density at radius 3 is 2.45 bits per heavy atom. The van der Waals surface area contributed by atoms with Gasteiger partial charge in [-0.15, -0.1) is 0 Å². The quantitative estimate of drug-likeness (QED) is 0.842. The van der Waals surface area contributed by atoms with Crippen molar-refractivity contribution in [3.63, 3.8) is 0 Å². The lowest BCUT2D eigenvalue weighted by Gasteiger charge is -2.15. The van der Waals surface area contributed by atoms with Gasteiger partial charge in [0.2, 0.25) is 0 Å². The lowest BCUT2D eigenvalue weighted by molar-refractivity contribution is 0.396. The second-order valence-corrected chi connectivity index (χ2v) is 4.42. The number of methoxy groups -OCH3 is 2. The molecule has 4 nitrogen and oxygen atoms in total. The smallest absolute Gasteiger partial charge is 0.148 e. The Morgan fingerprint density at radius 2 is 1.80 bits per heavy atom. The van der Waals surface area contributed by atoms with Gasteiger partial charge in [-0.3, -0.25) is 0 Å². The molecule has 0 spiro atoms. The van der Waals surface area contributed by atoms with E-state index in [0.29, 0.717) is 27.9 Å². The van der Waals surface area contributed by atoms with Crippen molar-refractivity contribution >= 4 is 28.7 Å². The van der Waals surface area contributed by atoms with Crippen LogP contribution in [-0.2, 0) is 0 Å². The number of rotatable bonds is 4. The van der Waals surface area contributed by atoms with Gasteiger partial charge in [-0.1, -0.05) is 17.7 Å². The highest BCUT2D eigenvalue weighted by atomic mass is 35.5. The summed E-state index contributed by atoms with van der Waals surface area (Å²) in [7, 11) is 3.03. The van der Waals surface area contributed by atoms with Crippen molar-refractivity contribution in [3.05, 3.63) is 41.2 Å². The van der Waals surface area contributed by atoms with Gasteiger partial charge in [0.1, 0.15) is 17.3 Å². The highest BCUT2D eigenvalue weighted by Gasteiger charge is 2.12. The number of nitrogens with one attached hydrogen (secondary N) is 1. The first-order valence-corrected chi connectivity index (χ1v) is 6.17. The van der Waals surface area contributed by atoms with Crippen molar-refractivity contribution in [2.24, 2.45) is 0 Å². The van der Waals surface area contributed by atoms with Crippen LogP contribution in [0.1, 0.15) is 0 Å². The summed E-state index contributed by atoms with van der Waals surface area (Å²) in [6.45, 7) is 0. The third-order valence-electron chi connectivity index (χ3n) is 2.80. The normalized spacial score (nSPS) is 10.2. The SMILES string of the molecule is COc1cc(OC)c(Nc2cccc(F)c2N)cc1Cl. The molecule has 0 amide bonds. The van der Waals surface area contributed by atoms with E-state index in [-0.39, 0.29) is 5.69 Å². The predicted molar refractivity (Wildman–Crippen MR) is 78.7 cm³/mol. The molecule has 0 radical (unpaired) electrons. The summed E-state index contributed by atoms with van der Waals surface area (Å²) < 4.78 is 23.8. The molecular formula is C14H14ClFN2O2. The van der Waals surface area contributed by atoms with Gasteiger partial charge < -0.3 is 20.5 Å². The van der Waals surface area contributed by atoms with E-state index in [1.807, 2.05) is 0 Å². The van der Waals surface area contributed by atoms with Crippen LogP contribution in [-0.4, -0.2) is 14.2 Å². The van der Waals surface area contributed by atoms with Crippen LogP contribution in [0.2, 0.25) is 5.02 Å². The maximum absolute atomic E-state index is 13.4. The molecule has 20 heavy (non-hydrogen) atoms. The van der Waals surface area contributed by atoms with Crippen molar-refractivity contribution < 1.29 is 13.9 Å². The maximum Gasteiger partial charge on any atom is 0.148 e. The first kappa shape index (κ1) is 14.3. The molecule has 6 heteroatoms. The predicted octanol–water partition coefficient (Wildman–Crippen LogP) is 3.82. The van der Waals surface area contributed by atoms with Gasteiger partial charge in [0, 0.05) is 6.07 Å². The fourth-order valence-corrected chi connectivity index (χ4v) is 1.99. The second-order valence-electron chi connectivity index (χ2n) is 4.01. The maximum atomic E-state index is 13.4. The molecule has 0 atom stereocenters. The molecular weight excluding hydrogens is 283 g/mol. The van der Waals surface area contributed by atoms with Gasteiger partial charge >= 0.3 is 0 Å². The monoisotopic (exact) mass is 296 g/mol. The van der Waals surface area contributed by atoms with Crippen LogP contribution in [0.4, 0.5) is 21.5 Å². The number of nitrogens with two attached hydrogens (primary N) is 1. The lowest BCUT2D eigenvalue weighted by Crippen LogP contribution is -2.01. The highest BCUT2D eigenvalue weighted by molar-refractivity contribution is 6.32. The Hall–Kier alpha value is -2.14. The standard InChI is InChI=1S/C14H14ClFN2O2/c1-19-12-7-13(20-2)11(6-8(12)15)18-10-5-3-4-9(16)14(10)17/h3-7,18H,17H2,1-2H3. The van der Waals surface area contributed by atoms with E-state index in [9.17, 15) is 4.39 Å². The minimum Gasteiger partial charge on any atom is -0.495 e. The van der Waals surface area contributed by atoms with Crippen LogP contribution in [0, 0.1) is 5.82 Å². The number of ether oxygens (including phenoxy) is 2. The molecule has 0 saturated carbocycles. The summed E-state index contributed by atoms with van der Waals surface area (Å²) in [4.78, 5) is 0. The molecule has 2 rings (SSSR count). The minimum absolute atomic E-state index is 0.0292. The van der Waals surface area contributed by atoms with E-state index < -0.39 is 5.82 Å². The lowest BCUT2D eigenvalue weighted by atomic mass is 10.2. The van der Waals surface area contributed by atoms with E-state index in [4.69, 9.17) is 26.8 Å². The Kier molecular flexibility index (Phi) is 4.20. The molecule has 0 aliphatic rings. The fraction of sp³-hybridized carbons (Fsp3) is 0.143. The summed E-state index contributed by atoms with van der Waals surface area (Å²) in [6.07, 6.45) is 0. The summed E-state index contributed by atoms with van der Waals surface area (Å²) in [5.74, 6) is 0.504. The van der Waals surface area contributed by atoms with Crippen molar-refractivity contribution in [2.45, 2.75) is 0 Å². The summed E-state index contributed by atoms with van der Waals surface area (Å²) in [6, 6.07) is 7.78. The Balaban J connectivity index is 2.42. The number of benzene rings is 2. The van der Waals surface area contributed by atoms with Crippen LogP contribution < -0.4 is 20.5 Å². The average Bonchev–Trinajstić information content (AvgIpc) is 2.44. The molecule has 0 aliphatic heterocycles. The summed E-state index contributed by atoms with van der Waals surface area (Å²) >= 11 is 6.07. The molecule has 2 aromatic rings. The zero-order chi connectivity index (χ0) is 14.7. The largest absolute Gasteiger partial charge is 0.495 e. The van der Waals surface area contributed by atoms with Crippen LogP contribution in [0.15, 0.2) is 30.3 Å². The Labute approximate surface area is 121 Å². The minimum atomic E-state index is -0.492. The van der Waals surface area contributed by atoms with Gasteiger partial charge in [-0.2, -0.15) is 0 Å². The van der Waals surface area contributed by atoms with E-state index >= 15 is 0 Å². The number of halogens is 2. The molecule has 0 saturated heterocycles. The van der Waals surface area contributed by atoms with E-state index in [2.05, 4.69) is 5.32 Å². The van der Waals surface area contributed by atoms with Crippen LogP contribution in [0.3, 0.4) is 0 Å². The zero-order valence-corrected chi connectivity index (χ0v) is 11.8. The van der Waals surface area contributed by atoms with E-state index in [1.165, 1.54) is 20.3 Å². The first-order chi connectivity index (χ1) is 9.56. The van der Waals surface area contributed by atoms with Crippen LogP contribution in [0.5, 0.6) is 11.5 Å². The number of hydrogen-bond donors (Lipinski definition) is 2. The van der Waals surface area contributed by atoms with E-state index in [0.717, 1.165) is 0 Å². The number of anilines is 3. The van der Waals surface area contributed by atoms with Crippen molar-refractivity contribution in [1.29, 1.82) is 0 Å². The first-order valence-electron chi connectivity index (χ1n) is 5.79. The Morgan fingerprint density at radius 1 is 1.10 bits per heavy atom. The zero-order valence-electron chi connectivity index (χ0n) is 11.0. The number of hydrogen-bond acceptors (Lipinski definition) is 4. The van der Waals surface area contributed by atoms with Gasteiger partial charge in [-0.25, -0.2) is 4.39 Å². The van der Waals surface area contributed by atoms with Crippen LogP contribution in [0.25, 0.3) is 0 Å². The van der Waals surface area contributed by atoms with Crippen LogP contribution >= 0.6 is 11.6 Å². The average molecular weight is 297 g/mol. The summed E-state index contributed by atoms with van der Waals surface area (Å²) in [5.41, 5.74) is 6.71. The van der Waals surface area contributed by atoms with Gasteiger partial charge in [0.15, 0.2) is 0 Å². The number of nitrogen functional groups attached to an aromatic ring is 1. The highest BCUT2D eigenvalue weighted by Crippen LogP contribution is 2.38. The van der Waals surface area contributed by atoms with E-state index in [1.54, 1.807) is 24.3 Å².